The number of benzene rings is 2. The molecule has 0 saturated heterocycles. The quantitative estimate of drug-likeness (QED) is 0.802. The number of carboxylic acid groups (broad SMARTS) is 1. The van der Waals surface area contributed by atoms with Gasteiger partial charge in [0, 0.05) is 10.6 Å². The monoisotopic (exact) mass is 320 g/mol. The van der Waals surface area contributed by atoms with Gasteiger partial charge in [0.15, 0.2) is 5.82 Å². The molecule has 0 heterocycles. The normalized spacial score (nSPS) is 10.5. The van der Waals surface area contributed by atoms with Crippen LogP contribution >= 0.6 is 11.8 Å². The topological polar surface area (TPSA) is 46.5 Å². The lowest BCUT2D eigenvalue weighted by Crippen LogP contribution is -2.04. The molecule has 3 nitrogen and oxygen atoms in total. The third-order valence-corrected chi connectivity index (χ3v) is 4.54. The Morgan fingerprint density at radius 3 is 2.45 bits per heavy atom. The summed E-state index contributed by atoms with van der Waals surface area (Å²) in [7, 11) is 1.60. The Kier molecular flexibility index (Phi) is 5.44. The molecule has 2 aromatic carbocycles. The number of thioether (sulfide) groups is 1. The van der Waals surface area contributed by atoms with Crippen LogP contribution in [-0.4, -0.2) is 18.2 Å². The number of carboxylic acids is 1. The number of halogens is 1. The molecule has 0 bridgehead atoms. The van der Waals surface area contributed by atoms with Crippen LogP contribution in [0.3, 0.4) is 0 Å². The molecule has 0 amide bonds. The van der Waals surface area contributed by atoms with Crippen molar-refractivity contribution in [3.05, 3.63) is 58.9 Å². The molecular formula is C17H17FO3S. The third-order valence-electron chi connectivity index (χ3n) is 3.33. The van der Waals surface area contributed by atoms with Gasteiger partial charge in [-0.1, -0.05) is 25.1 Å². The Balaban J connectivity index is 2.23. The summed E-state index contributed by atoms with van der Waals surface area (Å²) in [4.78, 5) is 11.5. The van der Waals surface area contributed by atoms with Gasteiger partial charge >= 0.3 is 5.97 Å². The molecule has 0 aliphatic rings. The molecule has 1 N–H and O–H groups in total. The number of methoxy groups -OCH3 is 1. The van der Waals surface area contributed by atoms with Gasteiger partial charge in [-0.2, -0.15) is 0 Å². The van der Waals surface area contributed by atoms with E-state index in [4.69, 9.17) is 9.84 Å². The van der Waals surface area contributed by atoms with Crippen molar-refractivity contribution < 1.29 is 19.0 Å². The fourth-order valence-corrected chi connectivity index (χ4v) is 3.21. The van der Waals surface area contributed by atoms with Crippen molar-refractivity contribution in [3.8, 4) is 5.75 Å². The zero-order chi connectivity index (χ0) is 16.1. The lowest BCUT2D eigenvalue weighted by atomic mass is 10.1. The molecule has 0 aromatic heterocycles. The summed E-state index contributed by atoms with van der Waals surface area (Å²) in [6.07, 6.45) is 0.655. The average Bonchev–Trinajstić information content (AvgIpc) is 2.53. The summed E-state index contributed by atoms with van der Waals surface area (Å²) >= 11 is 1.32. The maximum absolute atomic E-state index is 14.4. The first-order valence-corrected chi connectivity index (χ1v) is 7.85. The van der Waals surface area contributed by atoms with Gasteiger partial charge in [-0.25, -0.2) is 9.18 Å². The molecule has 0 aliphatic heterocycles. The van der Waals surface area contributed by atoms with Gasteiger partial charge in [-0.15, -0.1) is 11.8 Å². The van der Waals surface area contributed by atoms with Gasteiger partial charge in [0.1, 0.15) is 5.75 Å². The van der Waals surface area contributed by atoms with E-state index in [-0.39, 0.29) is 5.56 Å². The molecule has 2 aromatic rings. The van der Waals surface area contributed by atoms with Crippen LogP contribution in [0.2, 0.25) is 0 Å². The highest BCUT2D eigenvalue weighted by molar-refractivity contribution is 7.98. The zero-order valence-electron chi connectivity index (χ0n) is 12.4. The average molecular weight is 320 g/mol. The van der Waals surface area contributed by atoms with Crippen molar-refractivity contribution in [1.29, 1.82) is 0 Å². The van der Waals surface area contributed by atoms with Crippen molar-refractivity contribution in [3.63, 3.8) is 0 Å². The maximum atomic E-state index is 14.4. The van der Waals surface area contributed by atoms with Gasteiger partial charge in [0.05, 0.1) is 12.7 Å². The van der Waals surface area contributed by atoms with E-state index >= 15 is 0 Å². The van der Waals surface area contributed by atoms with E-state index in [1.54, 1.807) is 13.2 Å². The Labute approximate surface area is 133 Å². The molecule has 22 heavy (non-hydrogen) atoms. The van der Waals surface area contributed by atoms with Crippen molar-refractivity contribution in [2.75, 3.05) is 7.11 Å². The van der Waals surface area contributed by atoms with Gasteiger partial charge in [0.25, 0.3) is 0 Å². The largest absolute Gasteiger partial charge is 0.497 e. The summed E-state index contributed by atoms with van der Waals surface area (Å²) in [6, 6.07) is 10.5. The van der Waals surface area contributed by atoms with Gasteiger partial charge in [-0.05, 0) is 35.7 Å². The number of hydrogen-bond donors (Lipinski definition) is 1. The molecule has 0 spiro atoms. The Bertz CT molecular complexity index is 668. The molecule has 2 rings (SSSR count). The second-order valence-corrected chi connectivity index (χ2v) is 5.70. The smallest absolute Gasteiger partial charge is 0.338 e. The molecule has 0 unspecified atom stereocenters. The minimum atomic E-state index is -1.24. The molecule has 0 saturated carbocycles. The Hall–Kier alpha value is -2.01. The van der Waals surface area contributed by atoms with E-state index in [2.05, 4.69) is 0 Å². The predicted octanol–water partition coefficient (Wildman–Crippen LogP) is 4.39. The van der Waals surface area contributed by atoms with Crippen molar-refractivity contribution in [2.24, 2.45) is 0 Å². The number of aryl methyl sites for hydroxylation is 1. The predicted molar refractivity (Wildman–Crippen MR) is 85.3 cm³/mol. The van der Waals surface area contributed by atoms with Gasteiger partial charge in [-0.3, -0.25) is 0 Å². The van der Waals surface area contributed by atoms with E-state index in [0.29, 0.717) is 17.1 Å². The Morgan fingerprint density at radius 1 is 1.23 bits per heavy atom. The molecule has 0 atom stereocenters. The second-order valence-electron chi connectivity index (χ2n) is 4.71. The minimum Gasteiger partial charge on any atom is -0.497 e. The van der Waals surface area contributed by atoms with Crippen LogP contribution in [0.1, 0.15) is 28.4 Å². The molecule has 0 radical (unpaired) electrons. The van der Waals surface area contributed by atoms with Gasteiger partial charge in [0.2, 0.25) is 0 Å². The van der Waals surface area contributed by atoms with Gasteiger partial charge < -0.3 is 9.84 Å². The highest BCUT2D eigenvalue weighted by Gasteiger charge is 2.17. The number of hydrogen-bond acceptors (Lipinski definition) is 3. The SMILES string of the molecule is CCc1ccc(C(=O)O)c(F)c1SCc1ccc(OC)cc1. The van der Waals surface area contributed by atoms with E-state index in [1.165, 1.54) is 17.8 Å². The van der Waals surface area contributed by atoms with Crippen LogP contribution in [-0.2, 0) is 12.2 Å². The number of aromatic carboxylic acids is 1. The van der Waals surface area contributed by atoms with Crippen molar-refractivity contribution in [1.82, 2.24) is 0 Å². The maximum Gasteiger partial charge on any atom is 0.338 e. The van der Waals surface area contributed by atoms with Crippen LogP contribution < -0.4 is 4.74 Å². The van der Waals surface area contributed by atoms with E-state index in [9.17, 15) is 9.18 Å². The lowest BCUT2D eigenvalue weighted by Gasteiger charge is -2.11. The summed E-state index contributed by atoms with van der Waals surface area (Å²) in [5.41, 5.74) is 1.56. The molecule has 5 heteroatoms. The first-order valence-electron chi connectivity index (χ1n) is 6.87. The number of rotatable bonds is 6. The van der Waals surface area contributed by atoms with E-state index < -0.39 is 11.8 Å². The lowest BCUT2D eigenvalue weighted by molar-refractivity contribution is 0.0691. The molecule has 0 fully saturated rings. The summed E-state index contributed by atoms with van der Waals surface area (Å²) < 4.78 is 19.5. The van der Waals surface area contributed by atoms with Crippen LogP contribution in [0.5, 0.6) is 5.75 Å². The van der Waals surface area contributed by atoms with E-state index in [0.717, 1.165) is 16.9 Å². The fourth-order valence-electron chi connectivity index (χ4n) is 2.07. The Morgan fingerprint density at radius 2 is 1.91 bits per heavy atom. The number of carbonyl (C=O) groups is 1. The van der Waals surface area contributed by atoms with Crippen LogP contribution in [0.4, 0.5) is 4.39 Å². The summed E-state index contributed by atoms with van der Waals surface area (Å²) in [5.74, 6) is -0.560. The summed E-state index contributed by atoms with van der Waals surface area (Å²) in [5, 5.41) is 9.03. The summed E-state index contributed by atoms with van der Waals surface area (Å²) in [6.45, 7) is 1.92. The first-order chi connectivity index (χ1) is 10.6. The first kappa shape index (κ1) is 16.4. The third kappa shape index (κ3) is 3.60. The van der Waals surface area contributed by atoms with Crippen molar-refractivity contribution in [2.45, 2.75) is 24.0 Å². The highest BCUT2D eigenvalue weighted by atomic mass is 32.2. The molecule has 116 valence electrons. The van der Waals surface area contributed by atoms with Crippen LogP contribution in [0, 0.1) is 5.82 Å². The highest BCUT2D eigenvalue weighted by Crippen LogP contribution is 2.31. The number of ether oxygens (including phenoxy) is 1. The molecular weight excluding hydrogens is 303 g/mol. The van der Waals surface area contributed by atoms with Crippen LogP contribution in [0.25, 0.3) is 0 Å². The fraction of sp³-hybridized carbons (Fsp3) is 0.235. The molecule has 0 aliphatic carbocycles. The minimum absolute atomic E-state index is 0.283. The zero-order valence-corrected chi connectivity index (χ0v) is 13.2. The van der Waals surface area contributed by atoms with Crippen LogP contribution in [0.15, 0.2) is 41.3 Å². The second kappa shape index (κ2) is 7.31. The standard InChI is InChI=1S/C17H17FO3S/c1-3-12-6-9-14(17(19)20)15(18)16(12)22-10-11-4-7-13(21-2)8-5-11/h4-9H,3,10H2,1-2H3,(H,19,20). The van der Waals surface area contributed by atoms with E-state index in [1.807, 2.05) is 31.2 Å². The van der Waals surface area contributed by atoms with Crippen molar-refractivity contribution >= 4 is 17.7 Å².